The predicted molar refractivity (Wildman–Crippen MR) is 311 cm³/mol. The zero-order valence-corrected chi connectivity index (χ0v) is 53.0. The fourth-order valence-corrected chi connectivity index (χ4v) is 16.9. The van der Waals surface area contributed by atoms with Crippen molar-refractivity contribution in [3.63, 3.8) is 0 Å². The third kappa shape index (κ3) is 16.5. The Balaban J connectivity index is 0.000000274. The molecule has 0 amide bonds. The van der Waals surface area contributed by atoms with Gasteiger partial charge in [0.1, 0.15) is 6.15 Å². The summed E-state index contributed by atoms with van der Waals surface area (Å²) in [6.45, 7) is 7.62. The van der Waals surface area contributed by atoms with Crippen molar-refractivity contribution < 1.29 is 125 Å². The third-order valence-electron chi connectivity index (χ3n) is 18.0. The standard InChI is InChI=1S/C32H12BF24.C27H30NP.C8H12.Ir/c34-25(35,36)13-1-14(26(37,38)39)6-21(5-13)33(22-7-15(27(40,41)42)2-16(8-22)28(43,44)45,23-9-17(29(46,47)48)3-18(10-23)30(49,50)51)24-11-19(31(52,53)54)4-20(12-24)32(55,56)57;1-26(2)22-17-18-27(26,3)24(23-16-10-11-19-28-23)25(22)29(20-12-6-4-7-13-20)21-14-8-5-9-15-21;1-2-4-6-8-7-5-3-1;/h1-12H;4-16,19,22,24-25H,17-18H2,1-3H3;1-2,7-8H,3-6H2;/q-1;;;/b;;2-1-,8-7-;/t;22-,24+,25-,27+;;/m.1../s1. The summed E-state index contributed by atoms with van der Waals surface area (Å²) in [4.78, 5) is 4.92. The van der Waals surface area contributed by atoms with Crippen LogP contribution in [0.5, 0.6) is 0 Å². The van der Waals surface area contributed by atoms with Crippen molar-refractivity contribution in [1.29, 1.82) is 0 Å². The van der Waals surface area contributed by atoms with Crippen molar-refractivity contribution in [3.05, 3.63) is 232 Å². The van der Waals surface area contributed by atoms with Gasteiger partial charge in [-0.1, -0.05) is 160 Å². The Kier molecular flexibility index (Phi) is 22.1. The topological polar surface area (TPSA) is 12.9 Å². The minimum absolute atomic E-state index is 0. The molecular formula is C67H54BF24IrNP-. The second-order valence-electron chi connectivity index (χ2n) is 23.9. The van der Waals surface area contributed by atoms with Crippen LogP contribution < -0.4 is 32.5 Å². The van der Waals surface area contributed by atoms with Crippen molar-refractivity contribution in [1.82, 2.24) is 4.98 Å². The van der Waals surface area contributed by atoms with Crippen molar-refractivity contribution in [2.45, 2.75) is 120 Å². The number of nitrogens with zero attached hydrogens (tertiary/aromatic N) is 1. The monoisotopic (exact) mass is 1560 g/mol. The van der Waals surface area contributed by atoms with Gasteiger partial charge in [-0.3, -0.25) is 4.98 Å². The van der Waals surface area contributed by atoms with E-state index in [1.165, 1.54) is 54.8 Å². The van der Waals surface area contributed by atoms with Crippen LogP contribution >= 0.6 is 7.92 Å². The van der Waals surface area contributed by atoms with Crippen LogP contribution in [-0.4, -0.2) is 16.8 Å². The van der Waals surface area contributed by atoms with Gasteiger partial charge in [-0.2, -0.15) is 127 Å². The zero-order valence-electron chi connectivity index (χ0n) is 49.7. The van der Waals surface area contributed by atoms with Crippen LogP contribution in [0.1, 0.15) is 115 Å². The molecule has 0 N–H and O–H groups in total. The Morgan fingerprint density at radius 2 is 0.632 bits per heavy atom. The second-order valence-corrected chi connectivity index (χ2v) is 26.2. The smallest absolute Gasteiger partial charge is 0.261 e. The number of alkyl halides is 24. The van der Waals surface area contributed by atoms with Gasteiger partial charge in [-0.05, 0) is 116 Å². The van der Waals surface area contributed by atoms with Crippen LogP contribution in [0, 0.1) is 16.7 Å². The predicted octanol–water partition coefficient (Wildman–Crippen LogP) is 20.0. The molecule has 0 unspecified atom stereocenters. The molecule has 6 aromatic carbocycles. The Hall–Kier alpha value is -6.59. The molecule has 513 valence electrons. The molecule has 0 aliphatic heterocycles. The maximum absolute atomic E-state index is 14.2. The van der Waals surface area contributed by atoms with Crippen molar-refractivity contribution >= 4 is 46.5 Å². The van der Waals surface area contributed by atoms with E-state index in [0.717, 1.165) is 5.92 Å². The molecule has 1 heterocycles. The zero-order chi connectivity index (χ0) is 69.6. The van der Waals surface area contributed by atoms with Crippen LogP contribution in [0.25, 0.3) is 0 Å². The molecule has 0 spiro atoms. The van der Waals surface area contributed by atoms with Gasteiger partial charge in [-0.15, -0.1) is 0 Å². The van der Waals surface area contributed by atoms with Gasteiger partial charge >= 0.3 is 49.4 Å². The van der Waals surface area contributed by atoms with Crippen LogP contribution in [-0.2, 0) is 69.5 Å². The number of aromatic nitrogens is 1. The molecule has 7 aromatic rings. The van der Waals surface area contributed by atoms with E-state index in [4.69, 9.17) is 4.98 Å². The summed E-state index contributed by atoms with van der Waals surface area (Å²) in [5, 5.41) is 3.01. The summed E-state index contributed by atoms with van der Waals surface area (Å²) in [5.41, 5.74) is -27.7. The minimum atomic E-state index is -6.13. The number of pyridine rings is 1. The molecule has 1 radical (unpaired) electrons. The summed E-state index contributed by atoms with van der Waals surface area (Å²) >= 11 is 0. The summed E-state index contributed by atoms with van der Waals surface area (Å²) in [5.74, 6) is 1.23. The molecule has 0 saturated heterocycles. The molecule has 4 atom stereocenters. The Morgan fingerprint density at radius 1 is 0.368 bits per heavy atom. The summed E-state index contributed by atoms with van der Waals surface area (Å²) in [6.07, 6.45) is -36.2. The van der Waals surface area contributed by atoms with Crippen LogP contribution in [0.2, 0.25) is 0 Å². The minimum Gasteiger partial charge on any atom is -0.261 e. The van der Waals surface area contributed by atoms with E-state index < -0.39 is 203 Å². The molecule has 2 saturated carbocycles. The van der Waals surface area contributed by atoms with E-state index >= 15 is 0 Å². The largest absolute Gasteiger partial charge is 0.416 e. The van der Waals surface area contributed by atoms with Gasteiger partial charge in [0.2, 0.25) is 0 Å². The van der Waals surface area contributed by atoms with E-state index in [1.54, 1.807) is 0 Å². The van der Waals surface area contributed by atoms with Gasteiger partial charge < -0.3 is 0 Å². The van der Waals surface area contributed by atoms with Gasteiger partial charge in [-0.25, -0.2) is 0 Å². The molecule has 3 aliphatic rings. The summed E-state index contributed by atoms with van der Waals surface area (Å²) in [7, 11) is -0.460. The van der Waals surface area contributed by atoms with Crippen LogP contribution in [0.15, 0.2) is 182 Å². The van der Waals surface area contributed by atoms with Gasteiger partial charge in [0.05, 0.1) is 44.5 Å². The first-order chi connectivity index (χ1) is 43.3. The number of hydrogen-bond donors (Lipinski definition) is 0. The Morgan fingerprint density at radius 3 is 0.874 bits per heavy atom. The SMILES string of the molecule is C1=C\CC/C=C\CC/1.CC1(C)[C@@H]2CC[C@@]1(C)[C@@H](c1ccccn1)[C@@H]2P(c1ccccc1)c1ccccc1.FC(F)(F)c1cc([B-](c2cc(C(F)(F)F)cc(C(F)(F)F)c2)(c2cc(C(F)(F)F)cc(C(F)(F)F)c2)c2cc(C(F)(F)F)cc(C(F)(F)F)c2)cc(C(F)(F)F)c1.[Ir]. The van der Waals surface area contributed by atoms with E-state index in [0.29, 0.717) is 22.4 Å². The van der Waals surface area contributed by atoms with E-state index in [2.05, 4.69) is 124 Å². The molecule has 2 bridgehead atoms. The fourth-order valence-electron chi connectivity index (χ4n) is 13.3. The molecule has 10 rings (SSSR count). The van der Waals surface area contributed by atoms with Gasteiger partial charge in [0.25, 0.3) is 0 Å². The van der Waals surface area contributed by atoms with Crippen LogP contribution in [0.4, 0.5) is 105 Å². The molecule has 3 aliphatic carbocycles. The van der Waals surface area contributed by atoms with Crippen molar-refractivity contribution in [3.8, 4) is 0 Å². The number of halogens is 24. The first kappa shape index (κ1) is 75.8. The quantitative estimate of drug-likeness (QED) is 0.0640. The molecule has 95 heavy (non-hydrogen) atoms. The third-order valence-corrected chi connectivity index (χ3v) is 20.9. The fraction of sp³-hybridized carbons (Fsp3) is 0.328. The number of benzene rings is 6. The molecule has 2 fully saturated rings. The second kappa shape index (κ2) is 27.7. The van der Waals surface area contributed by atoms with E-state index in [-0.39, 0.29) is 20.1 Å². The van der Waals surface area contributed by atoms with Gasteiger partial charge in [0.15, 0.2) is 0 Å². The van der Waals surface area contributed by atoms with Crippen molar-refractivity contribution in [2.24, 2.45) is 16.7 Å². The first-order valence-electron chi connectivity index (χ1n) is 28.8. The maximum Gasteiger partial charge on any atom is 0.416 e. The Bertz CT molecular complexity index is 3330. The van der Waals surface area contributed by atoms with Crippen LogP contribution in [0.3, 0.4) is 0 Å². The normalized spacial score (nSPS) is 20.1. The van der Waals surface area contributed by atoms with Crippen molar-refractivity contribution in [2.75, 3.05) is 0 Å². The van der Waals surface area contributed by atoms with Gasteiger partial charge in [0, 0.05) is 37.9 Å². The average Bonchev–Trinajstić information content (AvgIpc) is 1.60. The molecular weight excluding hydrogens is 1510 g/mol. The summed E-state index contributed by atoms with van der Waals surface area (Å²) < 4.78 is 341. The maximum atomic E-state index is 14.2. The molecule has 1 aromatic heterocycles. The number of allylic oxidation sites excluding steroid dienone is 4. The average molecular weight is 1560 g/mol. The number of rotatable bonds is 8. The summed E-state index contributed by atoms with van der Waals surface area (Å²) in [6, 6.07) is 20.3. The first-order valence-corrected chi connectivity index (χ1v) is 30.2. The van der Waals surface area contributed by atoms with E-state index in [1.807, 2.05) is 6.20 Å². The Labute approximate surface area is 544 Å². The van der Waals surface area contributed by atoms with E-state index in [9.17, 15) is 105 Å². The number of hydrogen-bond acceptors (Lipinski definition) is 1. The molecule has 28 heteroatoms. The number of fused-ring (bicyclic) bond motifs is 2. The molecule has 1 nitrogen and oxygen atoms in total.